The molecule has 0 unspecified atom stereocenters. The van der Waals surface area contributed by atoms with E-state index < -0.39 is 16.9 Å². The molecule has 4 aromatic rings. The highest BCUT2D eigenvalue weighted by Crippen LogP contribution is 2.37. The van der Waals surface area contributed by atoms with E-state index in [1.807, 2.05) is 58.0 Å². The van der Waals surface area contributed by atoms with Crippen molar-refractivity contribution in [2.45, 2.75) is 85.7 Å². The van der Waals surface area contributed by atoms with Crippen molar-refractivity contribution in [2.75, 3.05) is 18.4 Å². The maximum Gasteiger partial charge on any atom is 0.248 e. The molecule has 5 heterocycles. The van der Waals surface area contributed by atoms with Gasteiger partial charge in [0.15, 0.2) is 5.78 Å². The number of hydrogen-bond donors (Lipinski definition) is 2. The minimum atomic E-state index is -0.818. The summed E-state index contributed by atoms with van der Waals surface area (Å²) in [5, 5.41) is 11.4. The second kappa shape index (κ2) is 14.0. The first-order valence-electron chi connectivity index (χ1n) is 17.1. The molecule has 3 amide bonds. The fraction of sp³-hybridized carbons (Fsp3) is 0.459. The van der Waals surface area contributed by atoms with Crippen LogP contribution in [-0.2, 0) is 27.3 Å². The Hall–Kier alpha value is -4.52. The Morgan fingerprint density at radius 3 is 2.52 bits per heavy atom. The van der Waals surface area contributed by atoms with Gasteiger partial charge in [0.05, 0.1) is 5.52 Å². The van der Waals surface area contributed by atoms with Crippen molar-refractivity contribution in [3.05, 3.63) is 64.4 Å². The van der Waals surface area contributed by atoms with E-state index in [4.69, 9.17) is 0 Å². The number of fused-ring (bicyclic) bond motifs is 4. The Labute approximate surface area is 300 Å². The van der Waals surface area contributed by atoms with Crippen molar-refractivity contribution >= 4 is 56.2 Å². The van der Waals surface area contributed by atoms with E-state index in [2.05, 4.69) is 46.6 Å². The molecule has 13 heteroatoms. The molecule has 50 heavy (non-hydrogen) atoms. The molecule has 2 aliphatic heterocycles. The van der Waals surface area contributed by atoms with E-state index in [9.17, 15) is 19.2 Å². The first kappa shape index (κ1) is 35.3. The molecule has 0 spiro atoms. The van der Waals surface area contributed by atoms with Crippen molar-refractivity contribution in [2.24, 2.45) is 10.8 Å². The van der Waals surface area contributed by atoms with Gasteiger partial charge in [0, 0.05) is 54.2 Å². The van der Waals surface area contributed by atoms with Gasteiger partial charge < -0.3 is 15.5 Å². The first-order chi connectivity index (χ1) is 23.7. The summed E-state index contributed by atoms with van der Waals surface area (Å²) in [4.78, 5) is 69.2. The molecule has 262 valence electrons. The maximum atomic E-state index is 14.3. The normalized spacial score (nSPS) is 21.4. The number of benzene rings is 1. The Morgan fingerprint density at radius 1 is 1.02 bits per heavy atom. The lowest BCUT2D eigenvalue weighted by Gasteiger charge is -2.29. The number of likely N-dealkylation sites (tertiary alicyclic amines) is 1. The second-order valence-corrected chi connectivity index (χ2v) is 15.4. The third-order valence-corrected chi connectivity index (χ3v) is 10.4. The number of hydrogen-bond acceptors (Lipinski definition) is 8. The lowest BCUT2D eigenvalue weighted by atomic mass is 9.84. The highest BCUT2D eigenvalue weighted by Gasteiger charge is 2.47. The van der Waals surface area contributed by atoms with Gasteiger partial charge in [0.1, 0.15) is 34.5 Å². The zero-order valence-electron chi connectivity index (χ0n) is 29.2. The Kier molecular flexibility index (Phi) is 9.89. The third-order valence-electron chi connectivity index (χ3n) is 9.95. The van der Waals surface area contributed by atoms with Gasteiger partial charge in [0.2, 0.25) is 17.7 Å². The molecule has 1 saturated heterocycles. The van der Waals surface area contributed by atoms with E-state index in [0.717, 1.165) is 48.8 Å². The topological polar surface area (TPSA) is 152 Å². The Morgan fingerprint density at radius 2 is 1.78 bits per heavy atom. The van der Waals surface area contributed by atoms with Gasteiger partial charge in [0.25, 0.3) is 0 Å². The van der Waals surface area contributed by atoms with E-state index >= 15 is 0 Å². The predicted octanol–water partition coefficient (Wildman–Crippen LogP) is 5.67. The van der Waals surface area contributed by atoms with Crippen LogP contribution in [0.25, 0.3) is 22.0 Å². The third kappa shape index (κ3) is 7.47. The molecule has 12 nitrogen and oxygen atoms in total. The molecule has 1 aromatic carbocycles. The Bertz CT molecular complexity index is 1970. The van der Waals surface area contributed by atoms with E-state index in [1.54, 1.807) is 17.3 Å². The standard InChI is InChI=1S/C37H43BrN8O4/c1-22(47)32-27-15-25(26-17-39-23(2)40-18-26)10-12-28(27)46(44-32)19-31(48)45-21-37(5)16-29(45)34(49)43-33-24(11-13-30(38)42-33)9-7-6-8-14-36(3,4)35(50)41-20-37/h10-13,15,17-18,29H,6-9,14,16,19-21H2,1-5H3,(H,41,50)(H,42,43,49)/t29-,37+/m0/s1. The van der Waals surface area contributed by atoms with Crippen LogP contribution in [0.5, 0.6) is 0 Å². The van der Waals surface area contributed by atoms with Crippen molar-refractivity contribution in [1.82, 2.24) is 34.9 Å². The molecule has 0 radical (unpaired) electrons. The highest BCUT2D eigenvalue weighted by molar-refractivity contribution is 9.10. The number of halogens is 1. The average Bonchev–Trinajstić information content (AvgIpc) is 3.62. The molecule has 2 atom stereocenters. The van der Waals surface area contributed by atoms with Crippen LogP contribution < -0.4 is 10.6 Å². The fourth-order valence-electron chi connectivity index (χ4n) is 6.97. The number of aryl methyl sites for hydroxylation is 2. The molecule has 3 aromatic heterocycles. The second-order valence-electron chi connectivity index (χ2n) is 14.6. The van der Waals surface area contributed by atoms with Crippen LogP contribution in [0.4, 0.5) is 5.82 Å². The van der Waals surface area contributed by atoms with Crippen LogP contribution in [0, 0.1) is 17.8 Å². The van der Waals surface area contributed by atoms with Gasteiger partial charge in [-0.15, -0.1) is 0 Å². The number of pyridine rings is 1. The number of amides is 3. The first-order valence-corrected chi connectivity index (χ1v) is 17.9. The minimum absolute atomic E-state index is 0.0349. The smallest absolute Gasteiger partial charge is 0.248 e. The number of ketones is 1. The summed E-state index contributed by atoms with van der Waals surface area (Å²) in [7, 11) is 0. The predicted molar refractivity (Wildman–Crippen MR) is 193 cm³/mol. The monoisotopic (exact) mass is 742 g/mol. The summed E-state index contributed by atoms with van der Waals surface area (Å²) in [6.07, 6.45) is 8.00. The summed E-state index contributed by atoms with van der Waals surface area (Å²) in [5.74, 6) is 0.199. The maximum absolute atomic E-state index is 14.3. The number of nitrogens with zero attached hydrogens (tertiary/aromatic N) is 6. The van der Waals surface area contributed by atoms with Crippen LogP contribution >= 0.6 is 15.9 Å². The number of carbonyl (C=O) groups excluding carboxylic acids is 4. The van der Waals surface area contributed by atoms with Crippen molar-refractivity contribution in [1.29, 1.82) is 0 Å². The van der Waals surface area contributed by atoms with Gasteiger partial charge in [-0.2, -0.15) is 5.10 Å². The van der Waals surface area contributed by atoms with Crippen LogP contribution in [-0.4, -0.2) is 72.3 Å². The minimum Gasteiger partial charge on any atom is -0.355 e. The summed E-state index contributed by atoms with van der Waals surface area (Å²) in [6, 6.07) is 8.58. The van der Waals surface area contributed by atoms with Gasteiger partial charge in [-0.25, -0.2) is 15.0 Å². The summed E-state index contributed by atoms with van der Waals surface area (Å²) in [5.41, 5.74) is 2.27. The van der Waals surface area contributed by atoms with E-state index in [0.29, 0.717) is 40.1 Å². The lowest BCUT2D eigenvalue weighted by molar-refractivity contribution is -0.137. The Balaban J connectivity index is 1.32. The highest BCUT2D eigenvalue weighted by atomic mass is 79.9. The molecule has 6 rings (SSSR count). The van der Waals surface area contributed by atoms with Crippen LogP contribution in [0.2, 0.25) is 0 Å². The lowest BCUT2D eigenvalue weighted by Crippen LogP contribution is -2.45. The van der Waals surface area contributed by atoms with Gasteiger partial charge in [-0.1, -0.05) is 45.7 Å². The van der Waals surface area contributed by atoms with Crippen molar-refractivity contribution in [3.63, 3.8) is 0 Å². The molecule has 0 saturated carbocycles. The number of rotatable bonds is 4. The van der Waals surface area contributed by atoms with E-state index in [-0.39, 0.29) is 42.3 Å². The number of carbonyl (C=O) groups is 4. The van der Waals surface area contributed by atoms with Crippen LogP contribution in [0.1, 0.15) is 81.7 Å². The molecular weight excluding hydrogens is 700 g/mol. The molecule has 2 N–H and O–H groups in total. The summed E-state index contributed by atoms with van der Waals surface area (Å²) < 4.78 is 2.13. The molecule has 0 aliphatic carbocycles. The van der Waals surface area contributed by atoms with Crippen molar-refractivity contribution < 1.29 is 19.2 Å². The zero-order valence-corrected chi connectivity index (χ0v) is 30.8. The van der Waals surface area contributed by atoms with Gasteiger partial charge in [-0.3, -0.25) is 23.9 Å². The molecule has 2 bridgehead atoms. The summed E-state index contributed by atoms with van der Waals surface area (Å²) in [6.45, 7) is 9.56. The zero-order chi connectivity index (χ0) is 35.8. The van der Waals surface area contributed by atoms with Crippen LogP contribution in [0.3, 0.4) is 0 Å². The van der Waals surface area contributed by atoms with Gasteiger partial charge in [-0.05, 0) is 77.9 Å². The number of aromatic nitrogens is 5. The van der Waals surface area contributed by atoms with E-state index in [1.165, 1.54) is 11.6 Å². The molecule has 1 fully saturated rings. The molecular formula is C37H43BrN8O4. The number of nitrogens with one attached hydrogen (secondary N) is 2. The van der Waals surface area contributed by atoms with Crippen molar-refractivity contribution in [3.8, 4) is 11.1 Å². The SMILES string of the molecule is CC(=O)c1nn(CC(=O)N2C[C@@]3(C)CNC(=O)C(C)(C)CCCCCc4ccc(Br)nc4NC(=O)[C@@H]2C3)c2ccc(-c3cnc(C)nc3)cc12. The fourth-order valence-corrected chi connectivity index (χ4v) is 7.28. The quantitative estimate of drug-likeness (QED) is 0.201. The summed E-state index contributed by atoms with van der Waals surface area (Å²) >= 11 is 3.44. The average molecular weight is 744 g/mol. The number of anilines is 1. The molecule has 2 aliphatic rings. The van der Waals surface area contributed by atoms with Crippen LogP contribution in [0.15, 0.2) is 47.3 Å². The largest absolute Gasteiger partial charge is 0.355 e. The van der Waals surface area contributed by atoms with Gasteiger partial charge >= 0.3 is 0 Å². The number of Topliss-reactive ketones (excluding diaryl/α,β-unsaturated/α-hetero) is 1.